The van der Waals surface area contributed by atoms with E-state index in [0.29, 0.717) is 22.2 Å². The average Bonchev–Trinajstić information content (AvgIpc) is 2.88. The molecule has 0 aromatic heterocycles. The number of likely N-dealkylation sites (N-methyl/N-ethyl adjacent to an activating group) is 1. The quantitative estimate of drug-likeness (QED) is 0.352. The van der Waals surface area contributed by atoms with Crippen LogP contribution >= 0.6 is 23.2 Å². The van der Waals surface area contributed by atoms with E-state index in [-0.39, 0.29) is 23.0 Å². The number of amides is 2. The van der Waals surface area contributed by atoms with Crippen molar-refractivity contribution in [3.05, 3.63) is 93.5 Å². The summed E-state index contributed by atoms with van der Waals surface area (Å²) in [6, 6.07) is 17.3. The number of anilines is 1. The Labute approximate surface area is 234 Å². The van der Waals surface area contributed by atoms with Crippen molar-refractivity contribution in [3.63, 3.8) is 0 Å². The third-order valence-corrected chi connectivity index (χ3v) is 8.62. The van der Waals surface area contributed by atoms with Crippen LogP contribution in [0.4, 0.5) is 5.69 Å². The molecule has 1 N–H and O–H groups in total. The number of nitrogens with zero attached hydrogens (tertiary/aromatic N) is 2. The van der Waals surface area contributed by atoms with Crippen molar-refractivity contribution in [2.45, 2.75) is 45.2 Å². The first-order valence-electron chi connectivity index (χ1n) is 12.1. The lowest BCUT2D eigenvalue weighted by atomic mass is 10.1. The fourth-order valence-corrected chi connectivity index (χ4v) is 5.68. The number of benzene rings is 3. The van der Waals surface area contributed by atoms with Crippen molar-refractivity contribution in [2.24, 2.45) is 0 Å². The lowest BCUT2D eigenvalue weighted by molar-refractivity contribution is -0.139. The molecule has 0 aliphatic carbocycles. The third-order valence-electron chi connectivity index (χ3n) is 6.18. The summed E-state index contributed by atoms with van der Waals surface area (Å²) >= 11 is 12.4. The van der Waals surface area contributed by atoms with E-state index >= 15 is 0 Å². The largest absolute Gasteiger partial charge is 0.355 e. The van der Waals surface area contributed by atoms with Gasteiger partial charge in [-0.05, 0) is 75.2 Å². The van der Waals surface area contributed by atoms with E-state index in [4.69, 9.17) is 23.2 Å². The Hall–Kier alpha value is -3.07. The molecule has 3 rings (SSSR count). The smallest absolute Gasteiger partial charge is 0.264 e. The van der Waals surface area contributed by atoms with Crippen molar-refractivity contribution < 1.29 is 18.0 Å². The SMILES string of the molecule is CCNC(=O)[C@@H](C)N(Cc1ccc(Cl)cc1)C(=O)CN(c1cccc(Cl)c1C)S(=O)(=O)c1ccc(C)cc1. The van der Waals surface area contributed by atoms with Gasteiger partial charge in [0.25, 0.3) is 10.0 Å². The van der Waals surface area contributed by atoms with Gasteiger partial charge < -0.3 is 10.2 Å². The molecule has 2 amide bonds. The molecule has 10 heteroatoms. The van der Waals surface area contributed by atoms with Crippen LogP contribution in [0.25, 0.3) is 0 Å². The maximum absolute atomic E-state index is 13.9. The maximum atomic E-state index is 13.9. The molecule has 0 saturated carbocycles. The first-order valence-corrected chi connectivity index (χ1v) is 14.3. The van der Waals surface area contributed by atoms with Crippen molar-refractivity contribution >= 4 is 50.7 Å². The van der Waals surface area contributed by atoms with E-state index in [9.17, 15) is 18.0 Å². The van der Waals surface area contributed by atoms with E-state index in [1.807, 2.05) is 6.92 Å². The minimum Gasteiger partial charge on any atom is -0.355 e. The number of nitrogens with one attached hydrogen (secondary N) is 1. The highest BCUT2D eigenvalue weighted by atomic mass is 35.5. The summed E-state index contributed by atoms with van der Waals surface area (Å²) in [6.07, 6.45) is 0. The molecule has 1 atom stereocenters. The summed E-state index contributed by atoms with van der Waals surface area (Å²) in [7, 11) is -4.16. The van der Waals surface area contributed by atoms with Gasteiger partial charge in [-0.25, -0.2) is 8.42 Å². The molecule has 0 radical (unpaired) electrons. The van der Waals surface area contributed by atoms with E-state index in [0.717, 1.165) is 15.4 Å². The molecule has 0 aliphatic rings. The van der Waals surface area contributed by atoms with E-state index in [1.165, 1.54) is 17.0 Å². The fraction of sp³-hybridized carbons (Fsp3) is 0.286. The van der Waals surface area contributed by atoms with Gasteiger partial charge in [0, 0.05) is 23.1 Å². The highest BCUT2D eigenvalue weighted by molar-refractivity contribution is 7.92. The molecule has 0 spiro atoms. The number of sulfonamides is 1. The Kier molecular flexibility index (Phi) is 9.82. The molecule has 0 unspecified atom stereocenters. The first-order chi connectivity index (χ1) is 17.9. The van der Waals surface area contributed by atoms with Crippen LogP contribution < -0.4 is 9.62 Å². The number of hydrogen-bond acceptors (Lipinski definition) is 4. The second-order valence-corrected chi connectivity index (χ2v) is 11.6. The number of halogens is 2. The van der Waals surface area contributed by atoms with Crippen molar-refractivity contribution in [1.29, 1.82) is 0 Å². The van der Waals surface area contributed by atoms with Crippen LogP contribution in [0.1, 0.15) is 30.5 Å². The van der Waals surface area contributed by atoms with Crippen LogP contribution in [0.2, 0.25) is 10.0 Å². The molecule has 0 aliphatic heterocycles. The molecule has 0 bridgehead atoms. The highest BCUT2D eigenvalue weighted by Gasteiger charge is 2.33. The van der Waals surface area contributed by atoms with Gasteiger partial charge in [-0.3, -0.25) is 13.9 Å². The fourth-order valence-electron chi connectivity index (χ4n) is 3.91. The van der Waals surface area contributed by atoms with Crippen molar-refractivity contribution in [3.8, 4) is 0 Å². The molecule has 38 heavy (non-hydrogen) atoms. The molecule has 0 heterocycles. The predicted octanol–water partition coefficient (Wildman–Crippen LogP) is 5.36. The lowest BCUT2D eigenvalue weighted by Crippen LogP contribution is -2.51. The molecule has 202 valence electrons. The Bertz CT molecular complexity index is 1390. The Morgan fingerprint density at radius 2 is 1.58 bits per heavy atom. The molecular weight excluding hydrogens is 545 g/mol. The summed E-state index contributed by atoms with van der Waals surface area (Å²) in [4.78, 5) is 28.0. The Morgan fingerprint density at radius 3 is 2.18 bits per heavy atom. The summed E-state index contributed by atoms with van der Waals surface area (Å²) in [5, 5.41) is 3.64. The van der Waals surface area contributed by atoms with Gasteiger partial charge >= 0.3 is 0 Å². The van der Waals surface area contributed by atoms with E-state index < -0.39 is 28.5 Å². The number of rotatable bonds is 10. The predicted molar refractivity (Wildman–Crippen MR) is 152 cm³/mol. The van der Waals surface area contributed by atoms with Gasteiger partial charge in [-0.1, -0.05) is 59.1 Å². The van der Waals surface area contributed by atoms with E-state index in [1.54, 1.807) is 75.4 Å². The normalized spacial score (nSPS) is 12.1. The third kappa shape index (κ3) is 6.87. The first kappa shape index (κ1) is 29.5. The van der Waals surface area contributed by atoms with Gasteiger partial charge in [-0.2, -0.15) is 0 Å². The van der Waals surface area contributed by atoms with Gasteiger partial charge in [0.05, 0.1) is 10.6 Å². The van der Waals surface area contributed by atoms with Gasteiger partial charge in [-0.15, -0.1) is 0 Å². The van der Waals surface area contributed by atoms with Crippen LogP contribution in [-0.4, -0.2) is 44.3 Å². The Balaban J connectivity index is 2.07. The number of hydrogen-bond donors (Lipinski definition) is 1. The van der Waals surface area contributed by atoms with Gasteiger partial charge in [0.15, 0.2) is 0 Å². The van der Waals surface area contributed by atoms with Crippen molar-refractivity contribution in [2.75, 3.05) is 17.4 Å². The van der Waals surface area contributed by atoms with Crippen molar-refractivity contribution in [1.82, 2.24) is 10.2 Å². The van der Waals surface area contributed by atoms with Crippen LogP contribution in [0, 0.1) is 13.8 Å². The van der Waals surface area contributed by atoms with Gasteiger partial charge in [0.1, 0.15) is 12.6 Å². The van der Waals surface area contributed by atoms with Crippen LogP contribution in [0.5, 0.6) is 0 Å². The van der Waals surface area contributed by atoms with Crippen LogP contribution in [0.3, 0.4) is 0 Å². The number of carbonyl (C=O) groups is 2. The lowest BCUT2D eigenvalue weighted by Gasteiger charge is -2.32. The molecular formula is C28H31Cl2N3O4S. The topological polar surface area (TPSA) is 86.8 Å². The average molecular weight is 577 g/mol. The number of carbonyl (C=O) groups excluding carboxylic acids is 2. The number of aryl methyl sites for hydroxylation is 1. The second-order valence-electron chi connectivity index (χ2n) is 8.93. The zero-order valence-electron chi connectivity index (χ0n) is 21.7. The summed E-state index contributed by atoms with van der Waals surface area (Å²) in [5.41, 5.74) is 2.43. The van der Waals surface area contributed by atoms with Gasteiger partial charge in [0.2, 0.25) is 11.8 Å². The summed E-state index contributed by atoms with van der Waals surface area (Å²) in [5.74, 6) is -0.893. The molecule has 0 fully saturated rings. The molecule has 3 aromatic carbocycles. The zero-order valence-corrected chi connectivity index (χ0v) is 24.1. The molecule has 3 aromatic rings. The minimum absolute atomic E-state index is 0.0382. The summed E-state index contributed by atoms with van der Waals surface area (Å²) < 4.78 is 28.8. The highest BCUT2D eigenvalue weighted by Crippen LogP contribution is 2.31. The maximum Gasteiger partial charge on any atom is 0.264 e. The van der Waals surface area contributed by atoms with Crippen LogP contribution in [-0.2, 0) is 26.2 Å². The molecule has 0 saturated heterocycles. The second kappa shape index (κ2) is 12.7. The minimum atomic E-state index is -4.16. The standard InChI is InChI=1S/C28H31Cl2N3O4S/c1-5-31-28(35)21(4)32(17-22-11-13-23(29)14-12-22)27(34)18-33(26-8-6-7-25(30)20(26)3)38(36,37)24-15-9-19(2)10-16-24/h6-16,21H,5,17-18H2,1-4H3,(H,31,35)/t21-/m1/s1. The van der Waals surface area contributed by atoms with Crippen LogP contribution in [0.15, 0.2) is 71.6 Å². The van der Waals surface area contributed by atoms with E-state index in [2.05, 4.69) is 5.32 Å². The summed E-state index contributed by atoms with van der Waals surface area (Å²) in [6.45, 7) is 6.90. The monoisotopic (exact) mass is 575 g/mol. The Morgan fingerprint density at radius 1 is 0.947 bits per heavy atom. The molecule has 7 nitrogen and oxygen atoms in total. The zero-order chi connectivity index (χ0) is 28.0.